The van der Waals surface area contributed by atoms with Gasteiger partial charge in [-0.1, -0.05) is 29.8 Å². The van der Waals surface area contributed by atoms with Crippen LogP contribution in [-0.2, 0) is 19.6 Å². The molecule has 0 saturated carbocycles. The van der Waals surface area contributed by atoms with Gasteiger partial charge in [-0.05, 0) is 26.0 Å². The van der Waals surface area contributed by atoms with Crippen molar-refractivity contribution in [3.05, 3.63) is 55.1 Å². The maximum absolute atomic E-state index is 12.4. The number of ether oxygens (including phenoxy) is 1. The van der Waals surface area contributed by atoms with Crippen molar-refractivity contribution in [1.82, 2.24) is 4.72 Å². The van der Waals surface area contributed by atoms with Gasteiger partial charge in [0.1, 0.15) is 6.04 Å². The Morgan fingerprint density at radius 3 is 2.27 bits per heavy atom. The van der Waals surface area contributed by atoms with E-state index in [2.05, 4.69) is 17.9 Å². The van der Waals surface area contributed by atoms with E-state index in [1.54, 1.807) is 19.1 Å². The third kappa shape index (κ3) is 4.54. The summed E-state index contributed by atoms with van der Waals surface area (Å²) < 4.78 is 32.1. The summed E-state index contributed by atoms with van der Waals surface area (Å²) in [5.41, 5.74) is 0.941. The van der Waals surface area contributed by atoms with E-state index in [4.69, 9.17) is 4.74 Å². The van der Waals surface area contributed by atoms with Crippen molar-refractivity contribution < 1.29 is 17.9 Å². The molecule has 1 N–H and O–H groups in total. The Hall–Kier alpha value is -1.92. The highest BCUT2D eigenvalue weighted by Gasteiger charge is 2.31. The van der Waals surface area contributed by atoms with E-state index < -0.39 is 28.0 Å². The summed E-state index contributed by atoms with van der Waals surface area (Å²) in [5, 5.41) is 0. The van der Waals surface area contributed by atoms with Gasteiger partial charge in [-0.15, -0.1) is 13.2 Å². The molecule has 1 aromatic rings. The molecule has 0 heterocycles. The Bertz CT molecular complexity index is 627. The second kappa shape index (κ2) is 7.91. The first kappa shape index (κ1) is 18.1. The third-order valence-corrected chi connectivity index (χ3v) is 4.54. The van der Waals surface area contributed by atoms with Gasteiger partial charge in [0.05, 0.1) is 11.5 Å². The van der Waals surface area contributed by atoms with Crippen molar-refractivity contribution in [3.8, 4) is 0 Å². The third-order valence-electron chi connectivity index (χ3n) is 3.08. The fourth-order valence-electron chi connectivity index (χ4n) is 1.84. The monoisotopic (exact) mass is 323 g/mol. The number of esters is 1. The number of rotatable bonds is 8. The molecule has 1 rings (SSSR count). The number of nitrogens with one attached hydrogen (secondary N) is 1. The highest BCUT2D eigenvalue weighted by molar-refractivity contribution is 7.89. The molecule has 1 unspecified atom stereocenters. The highest BCUT2D eigenvalue weighted by Crippen LogP contribution is 2.15. The quantitative estimate of drug-likeness (QED) is 0.588. The smallest absolute Gasteiger partial charge is 0.325 e. The molecular weight excluding hydrogens is 302 g/mol. The molecule has 22 heavy (non-hydrogen) atoms. The second-order valence-corrected chi connectivity index (χ2v) is 6.43. The van der Waals surface area contributed by atoms with Gasteiger partial charge in [-0.2, -0.15) is 4.72 Å². The normalized spacial score (nSPS) is 12.7. The van der Waals surface area contributed by atoms with Crippen molar-refractivity contribution in [2.45, 2.75) is 24.8 Å². The first-order valence-electron chi connectivity index (χ1n) is 6.86. The van der Waals surface area contributed by atoms with Gasteiger partial charge < -0.3 is 4.74 Å². The average Bonchev–Trinajstić information content (AvgIpc) is 2.48. The van der Waals surface area contributed by atoms with Crippen LogP contribution in [0.15, 0.2) is 54.5 Å². The van der Waals surface area contributed by atoms with Crippen molar-refractivity contribution >= 4 is 16.0 Å². The standard InChI is InChI=1S/C16H21NO4S/c1-5-13(6-2)15(16(18)21-7-3)17-22(19,20)14-10-8-12(4)9-11-14/h5-6,8-11,13,15,17H,1-2,7H2,3-4H3. The zero-order valence-electron chi connectivity index (χ0n) is 12.8. The molecule has 0 aliphatic carbocycles. The van der Waals surface area contributed by atoms with Gasteiger partial charge in [0.15, 0.2) is 0 Å². The Kier molecular flexibility index (Phi) is 6.52. The van der Waals surface area contributed by atoms with E-state index in [0.29, 0.717) is 0 Å². The predicted octanol–water partition coefficient (Wildman–Crippen LogP) is 2.19. The molecule has 0 saturated heterocycles. The molecule has 0 aromatic heterocycles. The zero-order chi connectivity index (χ0) is 16.8. The summed E-state index contributed by atoms with van der Waals surface area (Å²) in [7, 11) is -3.85. The lowest BCUT2D eigenvalue weighted by Crippen LogP contribution is -2.45. The van der Waals surface area contributed by atoms with E-state index in [1.807, 2.05) is 6.92 Å². The van der Waals surface area contributed by atoms with Gasteiger partial charge >= 0.3 is 5.97 Å². The van der Waals surface area contributed by atoms with Crippen molar-refractivity contribution in [1.29, 1.82) is 0 Å². The predicted molar refractivity (Wildman–Crippen MR) is 85.8 cm³/mol. The molecule has 120 valence electrons. The molecular formula is C16H21NO4S. The largest absolute Gasteiger partial charge is 0.465 e. The van der Waals surface area contributed by atoms with Crippen LogP contribution in [0, 0.1) is 12.8 Å². The fourth-order valence-corrected chi connectivity index (χ4v) is 3.05. The van der Waals surface area contributed by atoms with Crippen LogP contribution in [0.25, 0.3) is 0 Å². The van der Waals surface area contributed by atoms with Gasteiger partial charge in [0, 0.05) is 5.92 Å². The summed E-state index contributed by atoms with van der Waals surface area (Å²) in [4.78, 5) is 12.1. The lowest BCUT2D eigenvalue weighted by atomic mass is 10.0. The Labute approximate surface area is 131 Å². The molecule has 0 amide bonds. The maximum atomic E-state index is 12.4. The Balaban J connectivity index is 3.11. The maximum Gasteiger partial charge on any atom is 0.325 e. The molecule has 1 atom stereocenters. The van der Waals surface area contributed by atoms with Crippen molar-refractivity contribution in [2.24, 2.45) is 5.92 Å². The number of benzene rings is 1. The average molecular weight is 323 g/mol. The number of carbonyl (C=O) groups is 1. The fraction of sp³-hybridized carbons (Fsp3) is 0.312. The molecule has 0 bridgehead atoms. The van der Waals surface area contributed by atoms with Crippen LogP contribution in [-0.4, -0.2) is 27.0 Å². The summed E-state index contributed by atoms with van der Waals surface area (Å²) in [6.45, 7) is 10.9. The summed E-state index contributed by atoms with van der Waals surface area (Å²) >= 11 is 0. The Morgan fingerprint density at radius 2 is 1.82 bits per heavy atom. The summed E-state index contributed by atoms with van der Waals surface area (Å²) in [5.74, 6) is -1.23. The molecule has 5 nitrogen and oxygen atoms in total. The first-order valence-corrected chi connectivity index (χ1v) is 8.34. The molecule has 0 aliphatic heterocycles. The number of carbonyl (C=O) groups excluding carboxylic acids is 1. The van der Waals surface area contributed by atoms with Crippen LogP contribution in [0.4, 0.5) is 0 Å². The lowest BCUT2D eigenvalue weighted by Gasteiger charge is -2.21. The summed E-state index contributed by atoms with van der Waals surface area (Å²) in [6, 6.07) is 5.24. The van der Waals surface area contributed by atoms with Crippen molar-refractivity contribution in [3.63, 3.8) is 0 Å². The highest BCUT2D eigenvalue weighted by atomic mass is 32.2. The van der Waals surface area contributed by atoms with Gasteiger partial charge in [-0.25, -0.2) is 8.42 Å². The molecule has 0 radical (unpaired) electrons. The molecule has 0 spiro atoms. The minimum atomic E-state index is -3.85. The number of hydrogen-bond acceptors (Lipinski definition) is 4. The van der Waals surface area contributed by atoms with E-state index >= 15 is 0 Å². The molecule has 0 aliphatic rings. The second-order valence-electron chi connectivity index (χ2n) is 4.71. The van der Waals surface area contributed by atoms with Crippen LogP contribution in [0.1, 0.15) is 12.5 Å². The molecule has 0 fully saturated rings. The number of aryl methyl sites for hydroxylation is 1. The topological polar surface area (TPSA) is 72.5 Å². The van der Waals surface area contributed by atoms with Crippen LogP contribution >= 0.6 is 0 Å². The van der Waals surface area contributed by atoms with E-state index in [1.165, 1.54) is 24.3 Å². The van der Waals surface area contributed by atoms with Gasteiger partial charge in [0.2, 0.25) is 10.0 Å². The Morgan fingerprint density at radius 1 is 1.27 bits per heavy atom. The van der Waals surface area contributed by atoms with E-state index in [0.717, 1.165) is 5.56 Å². The van der Waals surface area contributed by atoms with Crippen LogP contribution in [0.5, 0.6) is 0 Å². The minimum Gasteiger partial charge on any atom is -0.465 e. The van der Waals surface area contributed by atoms with Crippen molar-refractivity contribution in [2.75, 3.05) is 6.61 Å². The number of hydrogen-bond donors (Lipinski definition) is 1. The SMILES string of the molecule is C=CC(C=C)C(NS(=O)(=O)c1ccc(C)cc1)C(=O)OCC. The number of sulfonamides is 1. The molecule has 6 heteroatoms. The van der Waals surface area contributed by atoms with Gasteiger partial charge in [-0.3, -0.25) is 4.79 Å². The summed E-state index contributed by atoms with van der Waals surface area (Å²) in [6.07, 6.45) is 2.90. The lowest BCUT2D eigenvalue weighted by molar-refractivity contribution is -0.145. The van der Waals surface area contributed by atoms with E-state index in [9.17, 15) is 13.2 Å². The molecule has 1 aromatic carbocycles. The van der Waals surface area contributed by atoms with Gasteiger partial charge in [0.25, 0.3) is 0 Å². The first-order chi connectivity index (χ1) is 10.4. The minimum absolute atomic E-state index is 0.0827. The van der Waals surface area contributed by atoms with Crippen LogP contribution in [0.2, 0.25) is 0 Å². The van der Waals surface area contributed by atoms with E-state index in [-0.39, 0.29) is 11.5 Å². The van der Waals surface area contributed by atoms with Crippen LogP contribution < -0.4 is 4.72 Å². The van der Waals surface area contributed by atoms with Crippen LogP contribution in [0.3, 0.4) is 0 Å². The zero-order valence-corrected chi connectivity index (χ0v) is 13.6.